The molecule has 0 bridgehead atoms. The van der Waals surface area contributed by atoms with Gasteiger partial charge in [0.1, 0.15) is 5.82 Å². The molecule has 2 aromatic carbocycles. The van der Waals surface area contributed by atoms with Crippen LogP contribution in [0.3, 0.4) is 0 Å². The quantitative estimate of drug-likeness (QED) is 0.686. The highest BCUT2D eigenvalue weighted by atomic mass is 19.1. The Kier molecular flexibility index (Phi) is 4.72. The number of hydrogen-bond donors (Lipinski definition) is 0. The number of nitrogens with zero attached hydrogens (tertiary/aromatic N) is 4. The van der Waals surface area contributed by atoms with Gasteiger partial charge in [0.25, 0.3) is 5.91 Å². The fourth-order valence-corrected chi connectivity index (χ4v) is 4.36. The Morgan fingerprint density at radius 1 is 1.14 bits per heavy atom. The zero-order valence-corrected chi connectivity index (χ0v) is 16.2. The summed E-state index contributed by atoms with van der Waals surface area (Å²) in [7, 11) is 0. The van der Waals surface area contributed by atoms with E-state index in [1.165, 1.54) is 12.5 Å². The van der Waals surface area contributed by atoms with Crippen molar-refractivity contribution in [2.45, 2.75) is 25.3 Å². The Balaban J connectivity index is 1.38. The SMILES string of the molecule is O=C(c1cc(Cc2nncc3ccccc23)ccc1F)N1CC[C@@H](N2CCC2)C1. The molecule has 1 atom stereocenters. The second kappa shape index (κ2) is 7.52. The molecule has 148 valence electrons. The molecule has 0 unspecified atom stereocenters. The number of halogens is 1. The number of carbonyl (C=O) groups is 1. The minimum atomic E-state index is -0.463. The molecule has 29 heavy (non-hydrogen) atoms. The van der Waals surface area contributed by atoms with Gasteiger partial charge in [0.15, 0.2) is 0 Å². The van der Waals surface area contributed by atoms with E-state index in [1.807, 2.05) is 24.3 Å². The number of hydrogen-bond acceptors (Lipinski definition) is 4. The maximum Gasteiger partial charge on any atom is 0.256 e. The highest BCUT2D eigenvalue weighted by Gasteiger charge is 2.33. The van der Waals surface area contributed by atoms with Gasteiger partial charge in [-0.05, 0) is 43.6 Å². The first-order valence-corrected chi connectivity index (χ1v) is 10.2. The first-order valence-electron chi connectivity index (χ1n) is 10.2. The van der Waals surface area contributed by atoms with E-state index in [1.54, 1.807) is 23.2 Å². The minimum Gasteiger partial charge on any atom is -0.337 e. The van der Waals surface area contributed by atoms with Crippen LogP contribution in [-0.4, -0.2) is 58.1 Å². The summed E-state index contributed by atoms with van der Waals surface area (Å²) in [6.07, 6.45) is 4.45. The number of fused-ring (bicyclic) bond motifs is 1. The Morgan fingerprint density at radius 3 is 2.83 bits per heavy atom. The summed E-state index contributed by atoms with van der Waals surface area (Å²) >= 11 is 0. The zero-order chi connectivity index (χ0) is 19.8. The molecule has 3 aromatic rings. The molecule has 5 rings (SSSR count). The lowest BCUT2D eigenvalue weighted by molar-refractivity contribution is 0.0747. The van der Waals surface area contributed by atoms with Crippen LogP contribution in [0.5, 0.6) is 0 Å². The van der Waals surface area contributed by atoms with Crippen molar-refractivity contribution in [1.82, 2.24) is 20.0 Å². The van der Waals surface area contributed by atoms with Gasteiger partial charge in [-0.25, -0.2) is 4.39 Å². The Labute approximate surface area is 169 Å². The molecule has 2 aliphatic rings. The molecule has 6 heteroatoms. The smallest absolute Gasteiger partial charge is 0.256 e. The van der Waals surface area contributed by atoms with Crippen LogP contribution in [0, 0.1) is 5.82 Å². The average Bonchev–Trinajstić information content (AvgIpc) is 3.17. The topological polar surface area (TPSA) is 49.3 Å². The van der Waals surface area contributed by atoms with Crippen molar-refractivity contribution in [2.24, 2.45) is 0 Å². The van der Waals surface area contributed by atoms with E-state index in [4.69, 9.17) is 0 Å². The lowest BCUT2D eigenvalue weighted by Crippen LogP contribution is -2.46. The molecule has 2 aliphatic heterocycles. The summed E-state index contributed by atoms with van der Waals surface area (Å²) in [6, 6.07) is 13.2. The highest BCUT2D eigenvalue weighted by molar-refractivity contribution is 5.95. The van der Waals surface area contributed by atoms with E-state index in [0.717, 1.165) is 41.5 Å². The Morgan fingerprint density at radius 2 is 2.00 bits per heavy atom. The number of aromatic nitrogens is 2. The predicted molar refractivity (Wildman–Crippen MR) is 109 cm³/mol. The van der Waals surface area contributed by atoms with Crippen molar-refractivity contribution in [1.29, 1.82) is 0 Å². The summed E-state index contributed by atoms with van der Waals surface area (Å²) in [5.41, 5.74) is 1.84. The summed E-state index contributed by atoms with van der Waals surface area (Å²) in [4.78, 5) is 17.2. The summed E-state index contributed by atoms with van der Waals surface area (Å²) in [5.74, 6) is -0.675. The molecular weight excluding hydrogens is 367 g/mol. The molecule has 0 saturated carbocycles. The van der Waals surface area contributed by atoms with Gasteiger partial charge in [0, 0.05) is 36.3 Å². The molecule has 2 fully saturated rings. The third-order valence-corrected chi connectivity index (χ3v) is 6.14. The van der Waals surface area contributed by atoms with Crippen LogP contribution in [0.1, 0.15) is 34.5 Å². The molecule has 3 heterocycles. The first kappa shape index (κ1) is 18.2. The molecule has 0 aliphatic carbocycles. The predicted octanol–water partition coefficient (Wildman–Crippen LogP) is 3.28. The van der Waals surface area contributed by atoms with Crippen LogP contribution in [0.4, 0.5) is 4.39 Å². The fraction of sp³-hybridized carbons (Fsp3) is 0.348. The molecule has 1 amide bonds. The lowest BCUT2D eigenvalue weighted by Gasteiger charge is -2.36. The third-order valence-electron chi connectivity index (χ3n) is 6.14. The lowest BCUT2D eigenvalue weighted by atomic mass is 10.0. The van der Waals surface area contributed by atoms with Gasteiger partial charge in [0.05, 0.1) is 17.5 Å². The molecule has 1 aromatic heterocycles. The summed E-state index contributed by atoms with van der Waals surface area (Å²) < 4.78 is 14.5. The fourth-order valence-electron chi connectivity index (χ4n) is 4.36. The van der Waals surface area contributed by atoms with Crippen LogP contribution < -0.4 is 0 Å². The standard InChI is InChI=1S/C23H23FN4O/c24-21-7-6-16(13-22-19-5-2-1-4-17(19)14-25-26-22)12-20(21)23(29)28-11-8-18(15-28)27-9-3-10-27/h1-2,4-7,12,14,18H,3,8-11,13,15H2/t18-/m1/s1. The highest BCUT2D eigenvalue weighted by Crippen LogP contribution is 2.24. The van der Waals surface area contributed by atoms with Crippen molar-refractivity contribution in [3.05, 3.63) is 71.3 Å². The number of rotatable bonds is 4. The van der Waals surface area contributed by atoms with Crippen molar-refractivity contribution in [3.63, 3.8) is 0 Å². The normalized spacial score (nSPS) is 19.5. The molecule has 0 radical (unpaired) electrons. The second-order valence-electron chi connectivity index (χ2n) is 7.95. The van der Waals surface area contributed by atoms with Crippen molar-refractivity contribution in [3.8, 4) is 0 Å². The van der Waals surface area contributed by atoms with Gasteiger partial charge in [0.2, 0.25) is 0 Å². The summed E-state index contributed by atoms with van der Waals surface area (Å²) in [5, 5.41) is 10.4. The first-order chi connectivity index (χ1) is 14.2. The Bertz CT molecular complexity index is 1060. The monoisotopic (exact) mass is 390 g/mol. The van der Waals surface area contributed by atoms with Crippen molar-refractivity contribution < 1.29 is 9.18 Å². The molecule has 2 saturated heterocycles. The van der Waals surface area contributed by atoms with E-state index >= 15 is 0 Å². The Hall–Kier alpha value is -2.86. The molecule has 5 nitrogen and oxygen atoms in total. The van der Waals surface area contributed by atoms with E-state index in [2.05, 4.69) is 15.1 Å². The van der Waals surface area contributed by atoms with Crippen molar-refractivity contribution >= 4 is 16.7 Å². The minimum absolute atomic E-state index is 0.153. The van der Waals surface area contributed by atoms with E-state index in [-0.39, 0.29) is 11.5 Å². The maximum absolute atomic E-state index is 14.5. The van der Waals surface area contributed by atoms with E-state index < -0.39 is 5.82 Å². The van der Waals surface area contributed by atoms with Crippen LogP contribution in [0.15, 0.2) is 48.7 Å². The van der Waals surface area contributed by atoms with Crippen LogP contribution in [0.2, 0.25) is 0 Å². The second-order valence-corrected chi connectivity index (χ2v) is 7.95. The zero-order valence-electron chi connectivity index (χ0n) is 16.2. The molecular formula is C23H23FN4O. The van der Waals surface area contributed by atoms with Crippen LogP contribution in [0.25, 0.3) is 10.8 Å². The maximum atomic E-state index is 14.5. The molecule has 0 N–H and O–H groups in total. The third kappa shape index (κ3) is 3.49. The van der Waals surface area contributed by atoms with Gasteiger partial charge < -0.3 is 4.90 Å². The van der Waals surface area contributed by atoms with Gasteiger partial charge in [-0.3, -0.25) is 9.69 Å². The number of likely N-dealkylation sites (tertiary alicyclic amines) is 2. The number of amides is 1. The van der Waals surface area contributed by atoms with Gasteiger partial charge in [-0.15, -0.1) is 0 Å². The van der Waals surface area contributed by atoms with Gasteiger partial charge in [-0.1, -0.05) is 30.3 Å². The van der Waals surface area contributed by atoms with E-state index in [9.17, 15) is 9.18 Å². The number of carbonyl (C=O) groups excluding carboxylic acids is 1. The average molecular weight is 390 g/mol. The number of benzene rings is 2. The van der Waals surface area contributed by atoms with Gasteiger partial charge >= 0.3 is 0 Å². The largest absolute Gasteiger partial charge is 0.337 e. The molecule has 0 spiro atoms. The summed E-state index contributed by atoms with van der Waals surface area (Å²) in [6.45, 7) is 3.61. The van der Waals surface area contributed by atoms with E-state index in [0.29, 0.717) is 25.6 Å². The van der Waals surface area contributed by atoms with Crippen LogP contribution >= 0.6 is 0 Å². The van der Waals surface area contributed by atoms with Crippen LogP contribution in [-0.2, 0) is 6.42 Å². The van der Waals surface area contributed by atoms with Gasteiger partial charge in [-0.2, -0.15) is 10.2 Å². The van der Waals surface area contributed by atoms with Crippen molar-refractivity contribution in [2.75, 3.05) is 26.2 Å².